The van der Waals surface area contributed by atoms with Crippen LogP contribution in [0.4, 0.5) is 5.95 Å². The van der Waals surface area contributed by atoms with Gasteiger partial charge in [-0.2, -0.15) is 5.10 Å². The van der Waals surface area contributed by atoms with Gasteiger partial charge in [-0.25, -0.2) is 9.99 Å². The van der Waals surface area contributed by atoms with Crippen LogP contribution in [0.5, 0.6) is 17.2 Å². The molecule has 1 amide bonds. The van der Waals surface area contributed by atoms with Gasteiger partial charge in [0.2, 0.25) is 5.75 Å². The van der Waals surface area contributed by atoms with Crippen LogP contribution in [-0.4, -0.2) is 47.9 Å². The van der Waals surface area contributed by atoms with Crippen molar-refractivity contribution in [2.24, 2.45) is 12.1 Å². The lowest BCUT2D eigenvalue weighted by atomic mass is 10.1. The lowest BCUT2D eigenvalue weighted by Crippen LogP contribution is -2.18. The standard InChI is InChI=1S/C15H17N5O6/c1-19-10(7-16-15(19)20(22)23)8-17-18-14(21)9-5-11(24-2)13(26-4)12(6-9)25-3/h5-8H,1-4H3,(H,18,21). The first-order valence-corrected chi connectivity index (χ1v) is 7.22. The number of carbonyl (C=O) groups excluding carboxylic acids is 1. The molecule has 11 heteroatoms. The highest BCUT2D eigenvalue weighted by Gasteiger charge is 2.18. The van der Waals surface area contributed by atoms with E-state index >= 15 is 0 Å². The third-order valence-electron chi connectivity index (χ3n) is 3.45. The summed E-state index contributed by atoms with van der Waals surface area (Å²) in [5.74, 6) is 0.142. The van der Waals surface area contributed by atoms with Gasteiger partial charge in [0.25, 0.3) is 5.91 Å². The molecule has 0 aliphatic rings. The Morgan fingerprint density at radius 3 is 2.35 bits per heavy atom. The molecule has 0 spiro atoms. The molecule has 0 aliphatic heterocycles. The molecule has 0 saturated heterocycles. The molecule has 0 unspecified atom stereocenters. The topological polar surface area (TPSA) is 130 Å². The summed E-state index contributed by atoms with van der Waals surface area (Å²) >= 11 is 0. The Kier molecular flexibility index (Phi) is 5.73. The van der Waals surface area contributed by atoms with Gasteiger partial charge in [-0.05, 0) is 17.1 Å². The zero-order valence-electron chi connectivity index (χ0n) is 14.5. The van der Waals surface area contributed by atoms with Crippen LogP contribution in [0.1, 0.15) is 16.1 Å². The Morgan fingerprint density at radius 2 is 1.88 bits per heavy atom. The minimum atomic E-state index is -0.619. The highest BCUT2D eigenvalue weighted by Crippen LogP contribution is 2.38. The number of amides is 1. The molecule has 0 bridgehead atoms. The highest BCUT2D eigenvalue weighted by atomic mass is 16.6. The number of nitrogens with one attached hydrogen (secondary N) is 1. The highest BCUT2D eigenvalue weighted by molar-refractivity contribution is 5.96. The second kappa shape index (κ2) is 7.96. The summed E-state index contributed by atoms with van der Waals surface area (Å²) in [7, 11) is 5.80. The Morgan fingerprint density at radius 1 is 1.27 bits per heavy atom. The van der Waals surface area contributed by atoms with E-state index in [-0.39, 0.29) is 11.5 Å². The SMILES string of the molecule is COc1cc(C(=O)NN=Cc2cnc([N+](=O)[O-])n2C)cc(OC)c1OC. The molecule has 2 aromatic rings. The predicted molar refractivity (Wildman–Crippen MR) is 91.0 cm³/mol. The Hall–Kier alpha value is -3.63. The van der Waals surface area contributed by atoms with Crippen molar-refractivity contribution in [3.8, 4) is 17.2 Å². The average molecular weight is 363 g/mol. The van der Waals surface area contributed by atoms with E-state index in [1.54, 1.807) is 0 Å². The van der Waals surface area contributed by atoms with Crippen molar-refractivity contribution in [3.63, 3.8) is 0 Å². The Balaban J connectivity index is 2.19. The molecule has 138 valence electrons. The van der Waals surface area contributed by atoms with Crippen molar-refractivity contribution >= 4 is 18.1 Å². The lowest BCUT2D eigenvalue weighted by molar-refractivity contribution is -0.396. The number of nitro groups is 1. The van der Waals surface area contributed by atoms with E-state index < -0.39 is 10.8 Å². The van der Waals surface area contributed by atoms with Crippen molar-refractivity contribution in [1.82, 2.24) is 15.0 Å². The van der Waals surface area contributed by atoms with Crippen LogP contribution in [0.2, 0.25) is 0 Å². The maximum absolute atomic E-state index is 12.3. The van der Waals surface area contributed by atoms with E-state index in [4.69, 9.17) is 14.2 Å². The van der Waals surface area contributed by atoms with Gasteiger partial charge < -0.3 is 24.3 Å². The first-order valence-electron chi connectivity index (χ1n) is 7.22. The molecule has 0 saturated carbocycles. The third-order valence-corrected chi connectivity index (χ3v) is 3.45. The monoisotopic (exact) mass is 363 g/mol. The van der Waals surface area contributed by atoms with Crippen LogP contribution >= 0.6 is 0 Å². The summed E-state index contributed by atoms with van der Waals surface area (Å²) < 4.78 is 16.8. The number of nitrogens with zero attached hydrogens (tertiary/aromatic N) is 4. The van der Waals surface area contributed by atoms with Gasteiger partial charge in [0, 0.05) is 5.56 Å². The fourth-order valence-corrected chi connectivity index (χ4v) is 2.14. The lowest BCUT2D eigenvalue weighted by Gasteiger charge is -2.13. The number of methoxy groups -OCH3 is 3. The molecule has 0 aliphatic carbocycles. The molecular weight excluding hydrogens is 346 g/mol. The van der Waals surface area contributed by atoms with Gasteiger partial charge in [-0.15, -0.1) is 0 Å². The van der Waals surface area contributed by atoms with E-state index in [1.165, 1.54) is 57.5 Å². The number of rotatable bonds is 7. The fourth-order valence-electron chi connectivity index (χ4n) is 2.14. The summed E-state index contributed by atoms with van der Waals surface area (Å²) in [5, 5.41) is 14.5. The summed E-state index contributed by atoms with van der Waals surface area (Å²) in [4.78, 5) is 26.0. The first-order chi connectivity index (χ1) is 12.4. The van der Waals surface area contributed by atoms with Crippen molar-refractivity contribution in [2.75, 3.05) is 21.3 Å². The van der Waals surface area contributed by atoms with Crippen molar-refractivity contribution in [3.05, 3.63) is 39.7 Å². The minimum absolute atomic E-state index is 0.229. The quantitative estimate of drug-likeness (QED) is 0.443. The van der Waals surface area contributed by atoms with Gasteiger partial charge in [0.05, 0.1) is 34.6 Å². The van der Waals surface area contributed by atoms with Gasteiger partial charge in [0.1, 0.15) is 6.20 Å². The normalized spacial score (nSPS) is 10.6. The second-order valence-electron chi connectivity index (χ2n) is 4.91. The van der Waals surface area contributed by atoms with E-state index in [9.17, 15) is 14.9 Å². The zero-order chi connectivity index (χ0) is 19.3. The smallest absolute Gasteiger partial charge is 0.434 e. The first kappa shape index (κ1) is 18.7. The number of ether oxygens (including phenoxy) is 3. The number of aromatic nitrogens is 2. The Bertz CT molecular complexity index is 835. The van der Waals surface area contributed by atoms with Crippen LogP contribution in [-0.2, 0) is 7.05 Å². The molecule has 0 atom stereocenters. The number of hydrogen-bond acceptors (Lipinski definition) is 8. The Labute approximate surface area is 148 Å². The number of hydrazone groups is 1. The minimum Gasteiger partial charge on any atom is -0.493 e. The van der Waals surface area contributed by atoms with Crippen molar-refractivity contribution < 1.29 is 23.9 Å². The molecule has 2 rings (SSSR count). The summed E-state index contributed by atoms with van der Waals surface area (Å²) in [6.07, 6.45) is 2.52. The van der Waals surface area contributed by atoms with Crippen molar-refractivity contribution in [1.29, 1.82) is 0 Å². The van der Waals surface area contributed by atoms with Crippen molar-refractivity contribution in [2.45, 2.75) is 0 Å². The van der Waals surface area contributed by atoms with Crippen LogP contribution in [0.15, 0.2) is 23.4 Å². The van der Waals surface area contributed by atoms with Gasteiger partial charge >= 0.3 is 5.95 Å². The molecule has 1 aromatic carbocycles. The van der Waals surface area contributed by atoms with Gasteiger partial charge in [-0.1, -0.05) is 4.98 Å². The molecule has 11 nitrogen and oxygen atoms in total. The second-order valence-corrected chi connectivity index (χ2v) is 4.91. The number of imidazole rings is 1. The van der Waals surface area contributed by atoms with Crippen LogP contribution in [0.25, 0.3) is 0 Å². The average Bonchev–Trinajstić information content (AvgIpc) is 3.01. The molecule has 1 aromatic heterocycles. The molecule has 0 radical (unpaired) electrons. The van der Waals surface area contributed by atoms with Crippen LogP contribution in [0, 0.1) is 10.1 Å². The molecule has 1 heterocycles. The number of benzene rings is 1. The van der Waals surface area contributed by atoms with E-state index in [2.05, 4.69) is 15.5 Å². The number of hydrogen-bond donors (Lipinski definition) is 1. The third kappa shape index (κ3) is 3.71. The maximum atomic E-state index is 12.3. The molecule has 0 fully saturated rings. The van der Waals surface area contributed by atoms with Crippen LogP contribution < -0.4 is 19.6 Å². The zero-order valence-corrected chi connectivity index (χ0v) is 14.5. The van der Waals surface area contributed by atoms with E-state index in [0.29, 0.717) is 22.9 Å². The maximum Gasteiger partial charge on any atom is 0.434 e. The van der Waals surface area contributed by atoms with E-state index in [0.717, 1.165) is 0 Å². The number of carbonyl (C=O) groups is 1. The summed E-state index contributed by atoms with van der Waals surface area (Å²) in [6.45, 7) is 0. The van der Waals surface area contributed by atoms with E-state index in [1.807, 2.05) is 0 Å². The molecule has 26 heavy (non-hydrogen) atoms. The fraction of sp³-hybridized carbons (Fsp3) is 0.267. The summed E-state index contributed by atoms with van der Waals surface area (Å²) in [5.41, 5.74) is 2.90. The largest absolute Gasteiger partial charge is 0.493 e. The predicted octanol–water partition coefficient (Wildman–Crippen LogP) is 1.12. The molecule has 1 N–H and O–H groups in total. The van der Waals surface area contributed by atoms with Gasteiger partial charge in [0.15, 0.2) is 17.2 Å². The van der Waals surface area contributed by atoms with Crippen LogP contribution in [0.3, 0.4) is 0 Å². The van der Waals surface area contributed by atoms with Gasteiger partial charge in [-0.3, -0.25) is 4.79 Å². The molecular formula is C15H17N5O6. The summed E-state index contributed by atoms with van der Waals surface area (Å²) in [6, 6.07) is 2.95.